The predicted octanol–water partition coefficient (Wildman–Crippen LogP) is 4.00. The van der Waals surface area contributed by atoms with Crippen LogP contribution in [0.2, 0.25) is 0 Å². The fourth-order valence-electron chi connectivity index (χ4n) is 3.07. The first-order chi connectivity index (χ1) is 11.7. The molecule has 1 aromatic carbocycles. The first kappa shape index (κ1) is 16.8. The van der Waals surface area contributed by atoms with Crippen LogP contribution in [-0.4, -0.2) is 29.5 Å². The van der Waals surface area contributed by atoms with E-state index >= 15 is 0 Å². The number of hydrogen-bond donors (Lipinski definition) is 1. The Kier molecular flexibility index (Phi) is 5.75. The third kappa shape index (κ3) is 4.99. The van der Waals surface area contributed by atoms with Crippen molar-refractivity contribution in [1.29, 1.82) is 0 Å². The van der Waals surface area contributed by atoms with Crippen LogP contribution >= 0.6 is 0 Å². The standard InChI is InChI=1S/C19H23F2N3/c20-15-11-16(21)13-19(12-15)22-14-18-6-4-5-17(23-18)7-10-24-8-2-1-3-9-24/h4-6,11-13,22H,1-3,7-10,14H2. The van der Waals surface area contributed by atoms with Crippen LogP contribution in [0.4, 0.5) is 14.5 Å². The van der Waals surface area contributed by atoms with Crippen molar-refractivity contribution in [2.75, 3.05) is 25.0 Å². The average molecular weight is 331 g/mol. The fraction of sp³-hybridized carbons (Fsp3) is 0.421. The van der Waals surface area contributed by atoms with Gasteiger partial charge in [-0.05, 0) is 50.2 Å². The Bertz CT molecular complexity index is 649. The lowest BCUT2D eigenvalue weighted by molar-refractivity contribution is 0.231. The van der Waals surface area contributed by atoms with Gasteiger partial charge in [-0.3, -0.25) is 4.98 Å². The molecule has 0 atom stereocenters. The Morgan fingerprint density at radius 2 is 1.67 bits per heavy atom. The minimum absolute atomic E-state index is 0.424. The summed E-state index contributed by atoms with van der Waals surface area (Å²) in [6, 6.07) is 9.38. The molecule has 0 radical (unpaired) electrons. The first-order valence-electron chi connectivity index (χ1n) is 8.56. The third-order valence-electron chi connectivity index (χ3n) is 4.33. The highest BCUT2D eigenvalue weighted by Crippen LogP contribution is 2.14. The highest BCUT2D eigenvalue weighted by molar-refractivity contribution is 5.43. The number of anilines is 1. The SMILES string of the molecule is Fc1cc(F)cc(NCc2cccc(CCN3CCCCC3)n2)c1. The van der Waals surface area contributed by atoms with Crippen molar-refractivity contribution in [2.24, 2.45) is 0 Å². The monoisotopic (exact) mass is 331 g/mol. The minimum Gasteiger partial charge on any atom is -0.379 e. The fourth-order valence-corrected chi connectivity index (χ4v) is 3.07. The maximum Gasteiger partial charge on any atom is 0.128 e. The lowest BCUT2D eigenvalue weighted by Crippen LogP contribution is -2.31. The Balaban J connectivity index is 1.54. The van der Waals surface area contributed by atoms with Crippen molar-refractivity contribution in [3.63, 3.8) is 0 Å². The van der Waals surface area contributed by atoms with Crippen molar-refractivity contribution in [3.05, 3.63) is 59.4 Å². The van der Waals surface area contributed by atoms with E-state index < -0.39 is 11.6 Å². The summed E-state index contributed by atoms with van der Waals surface area (Å²) in [4.78, 5) is 7.13. The van der Waals surface area contributed by atoms with Crippen LogP contribution in [0.1, 0.15) is 30.7 Å². The molecular weight excluding hydrogens is 308 g/mol. The number of pyridine rings is 1. The van der Waals surface area contributed by atoms with Gasteiger partial charge in [-0.25, -0.2) is 8.78 Å². The van der Waals surface area contributed by atoms with E-state index in [-0.39, 0.29) is 0 Å². The molecule has 0 amide bonds. The second-order valence-corrected chi connectivity index (χ2v) is 6.28. The molecule has 0 unspecified atom stereocenters. The highest BCUT2D eigenvalue weighted by Gasteiger charge is 2.10. The molecule has 2 heterocycles. The van der Waals surface area contributed by atoms with Gasteiger partial charge in [0.2, 0.25) is 0 Å². The zero-order valence-corrected chi connectivity index (χ0v) is 13.8. The zero-order valence-electron chi connectivity index (χ0n) is 13.8. The Hall–Kier alpha value is -2.01. The predicted molar refractivity (Wildman–Crippen MR) is 91.9 cm³/mol. The molecule has 0 spiro atoms. The summed E-state index contributed by atoms with van der Waals surface area (Å²) < 4.78 is 26.4. The topological polar surface area (TPSA) is 28.2 Å². The van der Waals surface area contributed by atoms with Gasteiger partial charge in [-0.1, -0.05) is 12.5 Å². The molecule has 5 heteroatoms. The summed E-state index contributed by atoms with van der Waals surface area (Å²) in [6.45, 7) is 3.86. The van der Waals surface area contributed by atoms with E-state index in [4.69, 9.17) is 0 Å². The number of hydrogen-bond acceptors (Lipinski definition) is 3. The van der Waals surface area contributed by atoms with E-state index in [1.807, 2.05) is 18.2 Å². The Morgan fingerprint density at radius 3 is 2.42 bits per heavy atom. The van der Waals surface area contributed by atoms with E-state index in [0.29, 0.717) is 12.2 Å². The summed E-state index contributed by atoms with van der Waals surface area (Å²) in [5, 5.41) is 3.02. The van der Waals surface area contributed by atoms with Crippen LogP contribution in [0.25, 0.3) is 0 Å². The van der Waals surface area contributed by atoms with Crippen molar-refractivity contribution >= 4 is 5.69 Å². The molecule has 3 rings (SSSR count). The van der Waals surface area contributed by atoms with Gasteiger partial charge in [0.1, 0.15) is 11.6 Å². The van der Waals surface area contributed by atoms with Crippen LogP contribution in [0, 0.1) is 11.6 Å². The zero-order chi connectivity index (χ0) is 16.8. The molecular formula is C19H23F2N3. The molecule has 1 aromatic heterocycles. The summed E-state index contributed by atoms with van der Waals surface area (Å²) in [6.07, 6.45) is 4.86. The van der Waals surface area contributed by atoms with Crippen molar-refractivity contribution in [1.82, 2.24) is 9.88 Å². The van der Waals surface area contributed by atoms with E-state index in [2.05, 4.69) is 15.2 Å². The second kappa shape index (κ2) is 8.20. The summed E-state index contributed by atoms with van der Waals surface area (Å²) in [5.41, 5.74) is 2.36. The number of likely N-dealkylation sites (tertiary alicyclic amines) is 1. The second-order valence-electron chi connectivity index (χ2n) is 6.28. The maximum absolute atomic E-state index is 13.2. The van der Waals surface area contributed by atoms with Crippen LogP contribution < -0.4 is 5.32 Å². The number of nitrogens with zero attached hydrogens (tertiary/aromatic N) is 2. The van der Waals surface area contributed by atoms with E-state index in [1.165, 1.54) is 44.5 Å². The van der Waals surface area contributed by atoms with Crippen molar-refractivity contribution in [2.45, 2.75) is 32.2 Å². The minimum atomic E-state index is -0.583. The van der Waals surface area contributed by atoms with Crippen molar-refractivity contribution in [3.8, 4) is 0 Å². The number of piperidine rings is 1. The number of halogens is 2. The molecule has 1 aliphatic rings. The smallest absolute Gasteiger partial charge is 0.128 e. The normalized spacial score (nSPS) is 15.4. The molecule has 24 heavy (non-hydrogen) atoms. The van der Waals surface area contributed by atoms with Gasteiger partial charge < -0.3 is 10.2 Å². The molecule has 1 N–H and O–H groups in total. The summed E-state index contributed by atoms with van der Waals surface area (Å²) in [5.74, 6) is -1.17. The van der Waals surface area contributed by atoms with Crippen molar-refractivity contribution < 1.29 is 8.78 Å². The molecule has 2 aromatic rings. The first-order valence-corrected chi connectivity index (χ1v) is 8.56. The molecule has 0 saturated carbocycles. The maximum atomic E-state index is 13.2. The lowest BCUT2D eigenvalue weighted by atomic mass is 10.1. The van der Waals surface area contributed by atoms with Crippen LogP contribution in [0.3, 0.4) is 0 Å². The van der Waals surface area contributed by atoms with Crippen LogP contribution in [0.15, 0.2) is 36.4 Å². The molecule has 0 aliphatic carbocycles. The lowest BCUT2D eigenvalue weighted by Gasteiger charge is -2.26. The van der Waals surface area contributed by atoms with Gasteiger partial charge in [0.05, 0.1) is 12.2 Å². The Labute approximate surface area is 141 Å². The van der Waals surface area contributed by atoms with Crippen LogP contribution in [-0.2, 0) is 13.0 Å². The highest BCUT2D eigenvalue weighted by atomic mass is 19.1. The Morgan fingerprint density at radius 1 is 0.958 bits per heavy atom. The van der Waals surface area contributed by atoms with E-state index in [9.17, 15) is 8.78 Å². The summed E-state index contributed by atoms with van der Waals surface area (Å²) >= 11 is 0. The van der Waals surface area contributed by atoms with Gasteiger partial charge in [-0.2, -0.15) is 0 Å². The van der Waals surface area contributed by atoms with Crippen LogP contribution in [0.5, 0.6) is 0 Å². The largest absolute Gasteiger partial charge is 0.379 e. The van der Waals surface area contributed by atoms with E-state index in [1.54, 1.807) is 0 Å². The molecule has 1 fully saturated rings. The van der Waals surface area contributed by atoms with Gasteiger partial charge >= 0.3 is 0 Å². The third-order valence-corrected chi connectivity index (χ3v) is 4.33. The van der Waals surface area contributed by atoms with Gasteiger partial charge in [0.25, 0.3) is 0 Å². The molecule has 0 bridgehead atoms. The number of nitrogens with one attached hydrogen (secondary N) is 1. The van der Waals surface area contributed by atoms with E-state index in [0.717, 1.165) is 30.4 Å². The van der Waals surface area contributed by atoms with Gasteiger partial charge in [0, 0.05) is 30.4 Å². The molecule has 1 saturated heterocycles. The number of benzene rings is 1. The van der Waals surface area contributed by atoms with Gasteiger partial charge in [-0.15, -0.1) is 0 Å². The summed E-state index contributed by atoms with van der Waals surface area (Å²) in [7, 11) is 0. The van der Waals surface area contributed by atoms with Gasteiger partial charge in [0.15, 0.2) is 0 Å². The molecule has 3 nitrogen and oxygen atoms in total. The average Bonchev–Trinajstić information content (AvgIpc) is 2.59. The quantitative estimate of drug-likeness (QED) is 0.867. The molecule has 1 aliphatic heterocycles. The molecule has 128 valence electrons. The number of rotatable bonds is 6. The number of aromatic nitrogens is 1.